The number of esters is 1. The maximum Gasteiger partial charge on any atom is 0.413 e. The van der Waals surface area contributed by atoms with Crippen LogP contribution in [0.1, 0.15) is 59.5 Å². The topological polar surface area (TPSA) is 97.5 Å². The van der Waals surface area contributed by atoms with Gasteiger partial charge in [0.2, 0.25) is 0 Å². The summed E-state index contributed by atoms with van der Waals surface area (Å²) in [5.41, 5.74) is 3.49. The number of carbonyl (C=O) groups is 3. The number of nitrogens with one attached hydrogen (secondary N) is 2. The molecule has 1 atom stereocenters. The molecule has 1 amide bonds. The van der Waals surface area contributed by atoms with Crippen molar-refractivity contribution in [3.8, 4) is 5.75 Å². The number of hydrogen-bond acceptors (Lipinski definition) is 5. The van der Waals surface area contributed by atoms with Crippen molar-refractivity contribution in [2.75, 3.05) is 6.61 Å². The van der Waals surface area contributed by atoms with Gasteiger partial charge in [0.15, 0.2) is 12.4 Å². The number of rotatable bonds is 9. The fourth-order valence-electron chi connectivity index (χ4n) is 5.18. The number of fused-ring (bicyclic) bond motifs is 1. The third-order valence-corrected chi connectivity index (χ3v) is 7.28. The summed E-state index contributed by atoms with van der Waals surface area (Å²) in [7, 11) is 0. The Labute approximate surface area is 227 Å². The van der Waals surface area contributed by atoms with E-state index in [2.05, 4.69) is 10.3 Å². The maximum absolute atomic E-state index is 13.1. The third kappa shape index (κ3) is 6.74. The molecule has 4 aromatic rings. The molecule has 200 valence electrons. The van der Waals surface area contributed by atoms with Crippen LogP contribution in [0.25, 0.3) is 10.9 Å². The van der Waals surface area contributed by atoms with Crippen LogP contribution in [0.4, 0.5) is 4.79 Å². The van der Waals surface area contributed by atoms with Crippen molar-refractivity contribution in [1.82, 2.24) is 10.3 Å². The monoisotopic (exact) mass is 524 g/mol. The maximum atomic E-state index is 13.1. The van der Waals surface area contributed by atoms with Crippen molar-refractivity contribution in [3.63, 3.8) is 0 Å². The number of benzene rings is 3. The molecule has 1 fully saturated rings. The molecule has 2 N–H and O–H groups in total. The Balaban J connectivity index is 1.24. The summed E-state index contributed by atoms with van der Waals surface area (Å²) in [6, 6.07) is 22.8. The number of amides is 1. The molecular weight excluding hydrogens is 492 g/mol. The highest BCUT2D eigenvalue weighted by Crippen LogP contribution is 2.32. The first-order valence-electron chi connectivity index (χ1n) is 13.4. The lowest BCUT2D eigenvalue weighted by molar-refractivity contribution is -0.144. The molecular formula is C32H32N2O5. The lowest BCUT2D eigenvalue weighted by Gasteiger charge is -2.22. The van der Waals surface area contributed by atoms with Crippen molar-refractivity contribution in [1.29, 1.82) is 0 Å². The van der Waals surface area contributed by atoms with Crippen LogP contribution in [0.15, 0.2) is 85.1 Å². The molecule has 0 unspecified atom stereocenters. The van der Waals surface area contributed by atoms with E-state index in [-0.39, 0.29) is 12.2 Å². The lowest BCUT2D eigenvalue weighted by atomic mass is 9.84. The Hall–Kier alpha value is -4.39. The van der Waals surface area contributed by atoms with Gasteiger partial charge in [-0.25, -0.2) is 9.59 Å². The molecule has 0 saturated heterocycles. The molecule has 39 heavy (non-hydrogen) atoms. The first kappa shape index (κ1) is 26.2. The average Bonchev–Trinajstić information content (AvgIpc) is 3.39. The smallest absolute Gasteiger partial charge is 0.413 e. The third-order valence-electron chi connectivity index (χ3n) is 7.28. The van der Waals surface area contributed by atoms with Crippen LogP contribution in [-0.2, 0) is 16.0 Å². The number of aromatic amines is 1. The van der Waals surface area contributed by atoms with Crippen molar-refractivity contribution < 1.29 is 23.9 Å². The number of aromatic nitrogens is 1. The zero-order valence-electron chi connectivity index (χ0n) is 21.7. The highest BCUT2D eigenvalue weighted by atomic mass is 16.6. The lowest BCUT2D eigenvalue weighted by Crippen LogP contribution is -2.45. The van der Waals surface area contributed by atoms with Gasteiger partial charge < -0.3 is 19.8 Å². The Morgan fingerprint density at radius 2 is 1.59 bits per heavy atom. The van der Waals surface area contributed by atoms with Crippen molar-refractivity contribution >= 4 is 28.7 Å². The van der Waals surface area contributed by atoms with E-state index in [1.807, 2.05) is 42.5 Å². The van der Waals surface area contributed by atoms with E-state index in [1.165, 1.54) is 37.7 Å². The van der Waals surface area contributed by atoms with E-state index >= 15 is 0 Å². The molecule has 1 saturated carbocycles. The summed E-state index contributed by atoms with van der Waals surface area (Å²) < 4.78 is 10.7. The van der Waals surface area contributed by atoms with Gasteiger partial charge in [0.25, 0.3) is 0 Å². The van der Waals surface area contributed by atoms with Crippen LogP contribution in [0.2, 0.25) is 0 Å². The first-order chi connectivity index (χ1) is 19.1. The molecule has 0 aliphatic heterocycles. The normalized spacial score (nSPS) is 14.5. The number of ketones is 1. The summed E-state index contributed by atoms with van der Waals surface area (Å²) in [5.74, 6) is -0.109. The van der Waals surface area contributed by atoms with E-state index in [0.29, 0.717) is 17.2 Å². The molecule has 7 nitrogen and oxygen atoms in total. The summed E-state index contributed by atoms with van der Waals surface area (Å²) in [5, 5.41) is 3.55. The molecule has 0 bridgehead atoms. The number of Topliss-reactive ketones (excluding diaryl/α,β-unsaturated/α-hetero) is 1. The zero-order chi connectivity index (χ0) is 27.0. The first-order valence-corrected chi connectivity index (χ1v) is 13.4. The second-order valence-corrected chi connectivity index (χ2v) is 9.95. The van der Waals surface area contributed by atoms with Gasteiger partial charge in [0.05, 0.1) is 0 Å². The molecule has 3 aromatic carbocycles. The van der Waals surface area contributed by atoms with E-state index < -0.39 is 24.7 Å². The Morgan fingerprint density at radius 1 is 0.872 bits per heavy atom. The van der Waals surface area contributed by atoms with Gasteiger partial charge in [0, 0.05) is 29.1 Å². The highest BCUT2D eigenvalue weighted by molar-refractivity contribution is 5.98. The Kier molecular flexibility index (Phi) is 8.36. The number of H-pyrrole nitrogens is 1. The Morgan fingerprint density at radius 3 is 2.36 bits per heavy atom. The molecule has 1 heterocycles. The molecule has 0 radical (unpaired) electrons. The quantitative estimate of drug-likeness (QED) is 0.197. The van der Waals surface area contributed by atoms with Gasteiger partial charge in [-0.15, -0.1) is 0 Å². The van der Waals surface area contributed by atoms with Gasteiger partial charge in [-0.1, -0.05) is 79.9 Å². The number of para-hydroxylation sites is 2. The molecule has 1 aromatic heterocycles. The minimum atomic E-state index is -1.05. The number of hydrogen-bond donors (Lipinski definition) is 2. The largest absolute Gasteiger partial charge is 0.456 e. The van der Waals surface area contributed by atoms with E-state index in [1.54, 1.807) is 42.6 Å². The van der Waals surface area contributed by atoms with Crippen LogP contribution >= 0.6 is 0 Å². The van der Waals surface area contributed by atoms with E-state index in [4.69, 9.17) is 9.47 Å². The van der Waals surface area contributed by atoms with Gasteiger partial charge in [-0.05, 0) is 48.1 Å². The van der Waals surface area contributed by atoms with Crippen LogP contribution in [-0.4, -0.2) is 35.5 Å². The van der Waals surface area contributed by atoms with Crippen LogP contribution in [0, 0.1) is 0 Å². The Bertz CT molecular complexity index is 1420. The van der Waals surface area contributed by atoms with Gasteiger partial charge in [-0.2, -0.15) is 0 Å². The minimum Gasteiger partial charge on any atom is -0.456 e. The van der Waals surface area contributed by atoms with Gasteiger partial charge >= 0.3 is 12.1 Å². The fourth-order valence-corrected chi connectivity index (χ4v) is 5.18. The van der Waals surface area contributed by atoms with Crippen molar-refractivity contribution in [3.05, 3.63) is 102 Å². The molecule has 0 spiro atoms. The minimum absolute atomic E-state index is 0.164. The molecule has 7 heteroatoms. The predicted octanol–water partition coefficient (Wildman–Crippen LogP) is 6.34. The van der Waals surface area contributed by atoms with Gasteiger partial charge in [-0.3, -0.25) is 4.79 Å². The standard InChI is InChI=1S/C32H32N2O5/c35-30(24-17-15-23(16-18-24)22-9-3-1-4-10-22)21-38-31(36)29(34-32(37)39-26-11-5-2-6-12-26)19-25-20-33-28-14-8-7-13-27(25)28/h2,5-8,11-18,20,22,29,33H,1,3-4,9-10,19,21H2,(H,34,37)/t29-/m0/s1. The molecule has 1 aliphatic carbocycles. The second kappa shape index (κ2) is 12.4. The number of ether oxygens (including phenoxy) is 2. The van der Waals surface area contributed by atoms with E-state index in [9.17, 15) is 14.4 Å². The van der Waals surface area contributed by atoms with Crippen LogP contribution in [0.5, 0.6) is 5.75 Å². The fraction of sp³-hybridized carbons (Fsp3) is 0.281. The van der Waals surface area contributed by atoms with Crippen LogP contribution in [0.3, 0.4) is 0 Å². The van der Waals surface area contributed by atoms with Gasteiger partial charge in [0.1, 0.15) is 11.8 Å². The van der Waals surface area contributed by atoms with E-state index in [0.717, 1.165) is 16.5 Å². The summed E-state index contributed by atoms with van der Waals surface area (Å²) in [4.78, 5) is 41.8. The SMILES string of the molecule is O=C(N[C@@H](Cc1c[nH]c2ccccc12)C(=O)OCC(=O)c1ccc(C2CCCCC2)cc1)Oc1ccccc1. The second-order valence-electron chi connectivity index (χ2n) is 9.95. The van der Waals surface area contributed by atoms with Crippen molar-refractivity contribution in [2.45, 2.75) is 50.5 Å². The molecule has 1 aliphatic rings. The predicted molar refractivity (Wildman–Crippen MR) is 149 cm³/mol. The summed E-state index contributed by atoms with van der Waals surface area (Å²) >= 11 is 0. The summed E-state index contributed by atoms with van der Waals surface area (Å²) in [6.07, 6.45) is 7.32. The average molecular weight is 525 g/mol. The van der Waals surface area contributed by atoms with Crippen LogP contribution < -0.4 is 10.1 Å². The van der Waals surface area contributed by atoms with Crippen molar-refractivity contribution in [2.24, 2.45) is 0 Å². The summed E-state index contributed by atoms with van der Waals surface area (Å²) in [6.45, 7) is -0.415. The molecule has 5 rings (SSSR count). The highest BCUT2D eigenvalue weighted by Gasteiger charge is 2.26. The number of carbonyl (C=O) groups excluding carboxylic acids is 3. The zero-order valence-corrected chi connectivity index (χ0v) is 21.7.